The summed E-state index contributed by atoms with van der Waals surface area (Å²) in [6.45, 7) is 0. The molecule has 1 aromatic carbocycles. The lowest BCUT2D eigenvalue weighted by atomic mass is 10.3. The van der Waals surface area contributed by atoms with Crippen LogP contribution in [0, 0.1) is 0 Å². The molecule has 1 heterocycles. The van der Waals surface area contributed by atoms with Crippen molar-refractivity contribution in [1.29, 1.82) is 0 Å². The van der Waals surface area contributed by atoms with Crippen LogP contribution >= 0.6 is 11.6 Å². The van der Waals surface area contributed by atoms with Gasteiger partial charge >= 0.3 is 0 Å². The highest BCUT2D eigenvalue weighted by molar-refractivity contribution is 6.31. The number of nitrogens with zero attached hydrogens (tertiary/aromatic N) is 2. The van der Waals surface area contributed by atoms with Crippen molar-refractivity contribution in [2.75, 3.05) is 21.3 Å². The fourth-order valence-electron chi connectivity index (χ4n) is 1.53. The fraction of sp³-hybridized carbons (Fsp3) is 0.231. The first-order chi connectivity index (χ1) is 9.67. The van der Waals surface area contributed by atoms with E-state index in [1.54, 1.807) is 32.4 Å². The average molecular weight is 297 g/mol. The molecule has 0 saturated carbocycles. The predicted octanol–water partition coefficient (Wildman–Crippen LogP) is 2.95. The van der Waals surface area contributed by atoms with Crippen molar-refractivity contribution >= 4 is 11.6 Å². The van der Waals surface area contributed by atoms with Gasteiger partial charge in [0.25, 0.3) is 5.88 Å². The average Bonchev–Trinajstić information content (AvgIpc) is 2.47. The van der Waals surface area contributed by atoms with E-state index in [0.717, 1.165) is 0 Å². The normalized spacial score (nSPS) is 10.0. The van der Waals surface area contributed by atoms with Crippen LogP contribution in [-0.2, 0) is 0 Å². The molecule has 0 bridgehead atoms. The summed E-state index contributed by atoms with van der Waals surface area (Å²) in [5.41, 5.74) is 0. The maximum absolute atomic E-state index is 5.91. The molecular weight excluding hydrogens is 284 g/mol. The van der Waals surface area contributed by atoms with Gasteiger partial charge in [0.05, 0.1) is 21.3 Å². The number of benzene rings is 1. The van der Waals surface area contributed by atoms with Crippen LogP contribution < -0.4 is 18.9 Å². The van der Waals surface area contributed by atoms with Crippen LogP contribution in [0.2, 0.25) is 5.15 Å². The molecule has 0 amide bonds. The van der Waals surface area contributed by atoms with Crippen LogP contribution in [-0.4, -0.2) is 31.3 Å². The molecule has 0 radical (unpaired) electrons. The van der Waals surface area contributed by atoms with Crippen LogP contribution in [0.4, 0.5) is 0 Å². The summed E-state index contributed by atoms with van der Waals surface area (Å²) in [4.78, 5) is 7.81. The van der Waals surface area contributed by atoms with Crippen molar-refractivity contribution in [3.63, 3.8) is 0 Å². The Morgan fingerprint density at radius 1 is 0.850 bits per heavy atom. The van der Waals surface area contributed by atoms with Gasteiger partial charge in [0, 0.05) is 18.2 Å². The van der Waals surface area contributed by atoms with Gasteiger partial charge in [-0.25, -0.2) is 4.98 Å². The minimum atomic E-state index is 0.173. The lowest BCUT2D eigenvalue weighted by Gasteiger charge is -2.11. The zero-order valence-corrected chi connectivity index (χ0v) is 12.0. The Hall–Kier alpha value is -2.21. The van der Waals surface area contributed by atoms with Gasteiger partial charge in [0.15, 0.2) is 5.15 Å². The van der Waals surface area contributed by atoms with Crippen molar-refractivity contribution in [2.24, 2.45) is 0 Å². The van der Waals surface area contributed by atoms with Crippen LogP contribution in [0.3, 0.4) is 0 Å². The molecule has 2 aromatic rings. The molecule has 0 fully saturated rings. The minimum Gasteiger partial charge on any atom is -0.496 e. The van der Waals surface area contributed by atoms with Gasteiger partial charge in [-0.3, -0.25) is 0 Å². The second-order valence-corrected chi connectivity index (χ2v) is 4.01. The minimum absolute atomic E-state index is 0.173. The molecule has 0 saturated heterocycles. The maximum atomic E-state index is 5.91. The van der Waals surface area contributed by atoms with Gasteiger partial charge < -0.3 is 18.9 Å². The third-order valence-corrected chi connectivity index (χ3v) is 2.74. The molecule has 0 aliphatic heterocycles. The zero-order chi connectivity index (χ0) is 14.5. The Labute approximate surface area is 121 Å². The molecule has 0 atom stereocenters. The third-order valence-electron chi connectivity index (χ3n) is 2.47. The largest absolute Gasteiger partial charge is 0.496 e. The van der Waals surface area contributed by atoms with Gasteiger partial charge in [-0.15, -0.1) is 0 Å². The summed E-state index contributed by atoms with van der Waals surface area (Å²) in [6.07, 6.45) is 1.29. The molecule has 0 unspecified atom stereocenters. The third kappa shape index (κ3) is 3.03. The number of aromatic nitrogens is 2. The van der Waals surface area contributed by atoms with E-state index in [9.17, 15) is 0 Å². The van der Waals surface area contributed by atoms with Gasteiger partial charge in [0.2, 0.25) is 5.75 Å². The van der Waals surface area contributed by atoms with Crippen molar-refractivity contribution in [1.82, 2.24) is 9.97 Å². The lowest BCUT2D eigenvalue weighted by Crippen LogP contribution is -1.96. The highest BCUT2D eigenvalue weighted by atomic mass is 35.5. The monoisotopic (exact) mass is 296 g/mol. The van der Waals surface area contributed by atoms with Gasteiger partial charge in [-0.1, -0.05) is 11.6 Å². The van der Waals surface area contributed by atoms with Crippen LogP contribution in [0.25, 0.3) is 0 Å². The second-order valence-electron chi connectivity index (χ2n) is 3.65. The first-order valence-electron chi connectivity index (χ1n) is 5.63. The van der Waals surface area contributed by atoms with E-state index in [0.29, 0.717) is 17.2 Å². The molecule has 6 nitrogen and oxygen atoms in total. The Bertz CT molecular complexity index is 585. The molecule has 2 rings (SSSR count). The summed E-state index contributed by atoms with van der Waals surface area (Å²) >= 11 is 5.91. The maximum Gasteiger partial charge on any atom is 0.267 e. The number of ether oxygens (including phenoxy) is 4. The van der Waals surface area contributed by atoms with Crippen molar-refractivity contribution in [3.05, 3.63) is 29.7 Å². The van der Waals surface area contributed by atoms with Crippen LogP contribution in [0.1, 0.15) is 0 Å². The number of hydrogen-bond donors (Lipinski definition) is 0. The SMILES string of the molecule is COc1cc(OC)cc(Oc2ncnc(Cl)c2OC)c1. The summed E-state index contributed by atoms with van der Waals surface area (Å²) in [6, 6.07) is 5.12. The lowest BCUT2D eigenvalue weighted by molar-refractivity contribution is 0.360. The highest BCUT2D eigenvalue weighted by Gasteiger charge is 2.13. The van der Waals surface area contributed by atoms with Gasteiger partial charge in [0.1, 0.15) is 23.6 Å². The Morgan fingerprint density at radius 2 is 1.45 bits per heavy atom. The standard InChI is InChI=1S/C13H13ClN2O4/c1-17-8-4-9(18-2)6-10(5-8)20-13-11(19-3)12(14)15-7-16-13/h4-7H,1-3H3. The summed E-state index contributed by atoms with van der Waals surface area (Å²) in [7, 11) is 4.57. The number of rotatable bonds is 5. The Morgan fingerprint density at radius 3 is 2.00 bits per heavy atom. The molecular formula is C13H13ClN2O4. The molecule has 1 aromatic heterocycles. The van der Waals surface area contributed by atoms with E-state index >= 15 is 0 Å². The topological polar surface area (TPSA) is 62.7 Å². The fourth-order valence-corrected chi connectivity index (χ4v) is 1.74. The van der Waals surface area contributed by atoms with Gasteiger partial charge in [-0.05, 0) is 0 Å². The van der Waals surface area contributed by atoms with E-state index in [2.05, 4.69) is 9.97 Å². The zero-order valence-electron chi connectivity index (χ0n) is 11.2. The molecule has 0 N–H and O–H groups in total. The van der Waals surface area contributed by atoms with Crippen LogP contribution in [0.5, 0.6) is 28.9 Å². The van der Waals surface area contributed by atoms with Crippen molar-refractivity contribution < 1.29 is 18.9 Å². The van der Waals surface area contributed by atoms with Crippen molar-refractivity contribution in [3.8, 4) is 28.9 Å². The molecule has 0 aliphatic carbocycles. The van der Waals surface area contributed by atoms with E-state index in [1.807, 2.05) is 0 Å². The molecule has 20 heavy (non-hydrogen) atoms. The number of halogens is 1. The highest BCUT2D eigenvalue weighted by Crippen LogP contribution is 2.36. The smallest absolute Gasteiger partial charge is 0.267 e. The predicted molar refractivity (Wildman–Crippen MR) is 73.2 cm³/mol. The Balaban J connectivity index is 2.37. The summed E-state index contributed by atoms with van der Waals surface area (Å²) < 4.78 is 21.1. The second kappa shape index (κ2) is 6.29. The first-order valence-corrected chi connectivity index (χ1v) is 6.01. The number of hydrogen-bond acceptors (Lipinski definition) is 6. The van der Waals surface area contributed by atoms with E-state index < -0.39 is 0 Å². The number of methoxy groups -OCH3 is 3. The molecule has 7 heteroatoms. The molecule has 106 valence electrons. The summed E-state index contributed by atoms with van der Waals surface area (Å²) in [5.74, 6) is 2.14. The van der Waals surface area contributed by atoms with Crippen molar-refractivity contribution in [2.45, 2.75) is 0 Å². The molecule has 0 aliphatic rings. The van der Waals surface area contributed by atoms with E-state index in [1.165, 1.54) is 13.4 Å². The quantitative estimate of drug-likeness (QED) is 0.791. The van der Waals surface area contributed by atoms with Gasteiger partial charge in [-0.2, -0.15) is 4.98 Å². The summed E-state index contributed by atoms with van der Waals surface area (Å²) in [5, 5.41) is 0.173. The van der Waals surface area contributed by atoms with Crippen LogP contribution in [0.15, 0.2) is 24.5 Å². The molecule has 0 spiro atoms. The van der Waals surface area contributed by atoms with E-state index in [-0.39, 0.29) is 16.8 Å². The first kappa shape index (κ1) is 14.2. The Kier molecular flexibility index (Phi) is 4.47. The van der Waals surface area contributed by atoms with E-state index in [4.69, 9.17) is 30.5 Å².